The molecule has 1 N–H and O–H groups in total. The Kier molecular flexibility index (Phi) is 3.72. The van der Waals surface area contributed by atoms with Crippen molar-refractivity contribution in [1.29, 1.82) is 0 Å². The molecule has 20 heavy (non-hydrogen) atoms. The molecular weight excluding hydrogens is 246 g/mol. The lowest BCUT2D eigenvalue weighted by Gasteiger charge is -2.49. The quantitative estimate of drug-likeness (QED) is 0.897. The summed E-state index contributed by atoms with van der Waals surface area (Å²) in [5.74, 6) is 0.655. The first kappa shape index (κ1) is 13.9. The Morgan fingerprint density at radius 3 is 2.65 bits per heavy atom. The maximum Gasteiger partial charge on any atom is 0.0556 e. The number of piperazine rings is 1. The Balaban J connectivity index is 1.87. The summed E-state index contributed by atoms with van der Waals surface area (Å²) < 4.78 is 0. The second-order valence-electron chi connectivity index (χ2n) is 6.97. The van der Waals surface area contributed by atoms with Crippen LogP contribution >= 0.6 is 0 Å². The van der Waals surface area contributed by atoms with Crippen LogP contribution in [0.3, 0.4) is 0 Å². The first-order chi connectivity index (χ1) is 9.60. The number of nitrogens with zero attached hydrogens (tertiary/aromatic N) is 2. The SMILES string of the molecule is Cc1ccc(N2CC3(CCCC3)NCC2C(C)C)cn1. The molecule has 1 unspecified atom stereocenters. The van der Waals surface area contributed by atoms with Crippen molar-refractivity contribution in [2.45, 2.75) is 58.0 Å². The molecule has 1 aromatic heterocycles. The van der Waals surface area contributed by atoms with E-state index in [9.17, 15) is 0 Å². The van der Waals surface area contributed by atoms with Crippen molar-refractivity contribution >= 4 is 5.69 Å². The molecule has 2 aliphatic rings. The van der Waals surface area contributed by atoms with Crippen LogP contribution < -0.4 is 10.2 Å². The van der Waals surface area contributed by atoms with Crippen molar-refractivity contribution in [1.82, 2.24) is 10.3 Å². The lowest BCUT2D eigenvalue weighted by molar-refractivity contribution is 0.245. The third-order valence-corrected chi connectivity index (χ3v) is 5.12. The molecule has 1 atom stereocenters. The first-order valence-electron chi connectivity index (χ1n) is 8.04. The van der Waals surface area contributed by atoms with Gasteiger partial charge in [-0.1, -0.05) is 26.7 Å². The summed E-state index contributed by atoms with van der Waals surface area (Å²) in [4.78, 5) is 7.11. The van der Waals surface area contributed by atoms with E-state index in [1.54, 1.807) is 0 Å². The van der Waals surface area contributed by atoms with E-state index in [-0.39, 0.29) is 0 Å². The van der Waals surface area contributed by atoms with Gasteiger partial charge < -0.3 is 10.2 Å². The van der Waals surface area contributed by atoms with E-state index in [2.05, 4.69) is 54.3 Å². The third kappa shape index (κ3) is 2.56. The molecule has 3 rings (SSSR count). The van der Waals surface area contributed by atoms with E-state index < -0.39 is 0 Å². The van der Waals surface area contributed by atoms with Crippen LogP contribution in [-0.4, -0.2) is 29.7 Å². The molecule has 3 heteroatoms. The van der Waals surface area contributed by atoms with E-state index in [4.69, 9.17) is 0 Å². The minimum atomic E-state index is 0.357. The summed E-state index contributed by atoms with van der Waals surface area (Å²) in [6.07, 6.45) is 7.46. The number of hydrogen-bond donors (Lipinski definition) is 1. The molecule has 2 heterocycles. The van der Waals surface area contributed by atoms with Gasteiger partial charge in [0.15, 0.2) is 0 Å². The van der Waals surface area contributed by atoms with Crippen LogP contribution in [0.25, 0.3) is 0 Å². The Bertz CT molecular complexity index is 446. The number of pyridine rings is 1. The first-order valence-corrected chi connectivity index (χ1v) is 8.04. The molecule has 3 nitrogen and oxygen atoms in total. The number of aryl methyl sites for hydroxylation is 1. The highest BCUT2D eigenvalue weighted by atomic mass is 15.3. The predicted molar refractivity (Wildman–Crippen MR) is 84.1 cm³/mol. The van der Waals surface area contributed by atoms with Crippen molar-refractivity contribution < 1.29 is 0 Å². The minimum absolute atomic E-state index is 0.357. The number of rotatable bonds is 2. The molecule has 2 fully saturated rings. The Morgan fingerprint density at radius 1 is 1.30 bits per heavy atom. The van der Waals surface area contributed by atoms with Gasteiger partial charge in [0.25, 0.3) is 0 Å². The Morgan fingerprint density at radius 2 is 2.05 bits per heavy atom. The van der Waals surface area contributed by atoms with Gasteiger partial charge in [-0.15, -0.1) is 0 Å². The van der Waals surface area contributed by atoms with Crippen LogP contribution in [0, 0.1) is 12.8 Å². The van der Waals surface area contributed by atoms with Gasteiger partial charge in [0, 0.05) is 30.4 Å². The lowest BCUT2D eigenvalue weighted by Crippen LogP contribution is -2.64. The maximum atomic E-state index is 4.50. The second-order valence-corrected chi connectivity index (χ2v) is 6.97. The normalized spacial score (nSPS) is 25.6. The fraction of sp³-hybridized carbons (Fsp3) is 0.706. The van der Waals surface area contributed by atoms with Crippen LogP contribution in [0.2, 0.25) is 0 Å². The van der Waals surface area contributed by atoms with Crippen LogP contribution in [0.4, 0.5) is 5.69 Å². The van der Waals surface area contributed by atoms with Gasteiger partial charge in [-0.05, 0) is 37.8 Å². The summed E-state index contributed by atoms with van der Waals surface area (Å²) >= 11 is 0. The summed E-state index contributed by atoms with van der Waals surface area (Å²) in [7, 11) is 0. The zero-order valence-corrected chi connectivity index (χ0v) is 13.0. The highest BCUT2D eigenvalue weighted by molar-refractivity contribution is 5.47. The van der Waals surface area contributed by atoms with E-state index in [0.717, 1.165) is 18.8 Å². The molecule has 1 saturated carbocycles. The molecule has 110 valence electrons. The highest BCUT2D eigenvalue weighted by Gasteiger charge is 2.41. The number of aromatic nitrogens is 1. The summed E-state index contributed by atoms with van der Waals surface area (Å²) in [6.45, 7) is 8.95. The average molecular weight is 273 g/mol. The van der Waals surface area contributed by atoms with E-state index in [1.807, 2.05) is 0 Å². The molecule has 0 aromatic carbocycles. The van der Waals surface area contributed by atoms with Gasteiger partial charge in [0.2, 0.25) is 0 Å². The lowest BCUT2D eigenvalue weighted by atomic mass is 9.88. The second kappa shape index (κ2) is 5.36. The molecular formula is C17H27N3. The van der Waals surface area contributed by atoms with E-state index in [0.29, 0.717) is 17.5 Å². The van der Waals surface area contributed by atoms with Gasteiger partial charge in [-0.2, -0.15) is 0 Å². The largest absolute Gasteiger partial charge is 0.364 e. The van der Waals surface area contributed by atoms with Crippen molar-refractivity contribution in [2.24, 2.45) is 5.92 Å². The summed E-state index contributed by atoms with van der Waals surface area (Å²) in [5, 5.41) is 3.87. The summed E-state index contributed by atoms with van der Waals surface area (Å²) in [6, 6.07) is 4.95. The molecule has 1 spiro atoms. The molecule has 0 radical (unpaired) electrons. The molecule has 0 bridgehead atoms. The van der Waals surface area contributed by atoms with Gasteiger partial charge >= 0.3 is 0 Å². The van der Waals surface area contributed by atoms with Crippen LogP contribution in [0.5, 0.6) is 0 Å². The Labute approximate surface area is 122 Å². The molecule has 1 saturated heterocycles. The highest BCUT2D eigenvalue weighted by Crippen LogP contribution is 2.36. The number of nitrogens with one attached hydrogen (secondary N) is 1. The molecule has 1 aliphatic heterocycles. The smallest absolute Gasteiger partial charge is 0.0556 e. The number of hydrogen-bond acceptors (Lipinski definition) is 3. The van der Waals surface area contributed by atoms with Gasteiger partial charge in [0.05, 0.1) is 11.9 Å². The zero-order valence-electron chi connectivity index (χ0n) is 13.0. The van der Waals surface area contributed by atoms with Crippen molar-refractivity contribution in [3.8, 4) is 0 Å². The molecule has 0 amide bonds. The van der Waals surface area contributed by atoms with Crippen molar-refractivity contribution in [3.63, 3.8) is 0 Å². The predicted octanol–water partition coefficient (Wildman–Crippen LogP) is 3.14. The number of anilines is 1. The molecule has 1 aliphatic carbocycles. The van der Waals surface area contributed by atoms with Crippen LogP contribution in [0.1, 0.15) is 45.2 Å². The van der Waals surface area contributed by atoms with E-state index in [1.165, 1.54) is 31.4 Å². The van der Waals surface area contributed by atoms with Crippen LogP contribution in [-0.2, 0) is 0 Å². The Hall–Kier alpha value is -1.09. The zero-order chi connectivity index (χ0) is 14.2. The summed E-state index contributed by atoms with van der Waals surface area (Å²) in [5.41, 5.74) is 2.75. The van der Waals surface area contributed by atoms with Gasteiger partial charge in [-0.3, -0.25) is 4.98 Å². The molecule has 1 aromatic rings. The van der Waals surface area contributed by atoms with Crippen molar-refractivity contribution in [3.05, 3.63) is 24.0 Å². The fourth-order valence-corrected chi connectivity index (χ4v) is 3.83. The monoisotopic (exact) mass is 273 g/mol. The van der Waals surface area contributed by atoms with Gasteiger partial charge in [-0.25, -0.2) is 0 Å². The third-order valence-electron chi connectivity index (χ3n) is 5.12. The minimum Gasteiger partial charge on any atom is -0.364 e. The standard InChI is InChI=1S/C17H27N3/c1-13(2)16-11-19-17(8-4-5-9-17)12-20(16)15-7-6-14(3)18-10-15/h6-7,10,13,16,19H,4-5,8-9,11-12H2,1-3H3. The van der Waals surface area contributed by atoms with Crippen molar-refractivity contribution in [2.75, 3.05) is 18.0 Å². The maximum absolute atomic E-state index is 4.50. The topological polar surface area (TPSA) is 28.2 Å². The van der Waals surface area contributed by atoms with E-state index >= 15 is 0 Å². The average Bonchev–Trinajstić information content (AvgIpc) is 2.87. The fourth-order valence-electron chi connectivity index (χ4n) is 3.83. The van der Waals surface area contributed by atoms with Crippen LogP contribution in [0.15, 0.2) is 18.3 Å². The van der Waals surface area contributed by atoms with Gasteiger partial charge in [0.1, 0.15) is 0 Å².